The summed E-state index contributed by atoms with van der Waals surface area (Å²) in [7, 11) is 0. The highest BCUT2D eigenvalue weighted by Gasteiger charge is 2.17. The van der Waals surface area contributed by atoms with Crippen molar-refractivity contribution in [2.24, 2.45) is 0 Å². The van der Waals surface area contributed by atoms with Gasteiger partial charge in [-0.05, 0) is 73.9 Å². The fourth-order valence-electron chi connectivity index (χ4n) is 3.84. The number of aromatic nitrogens is 2. The highest BCUT2D eigenvalue weighted by Crippen LogP contribution is 2.24. The van der Waals surface area contributed by atoms with E-state index in [2.05, 4.69) is 23.5 Å². The van der Waals surface area contributed by atoms with Crippen molar-refractivity contribution in [1.29, 1.82) is 0 Å². The summed E-state index contributed by atoms with van der Waals surface area (Å²) >= 11 is 2.69. The van der Waals surface area contributed by atoms with Gasteiger partial charge < -0.3 is 5.32 Å². The molecule has 0 aliphatic rings. The minimum atomic E-state index is -0.0980. The Morgan fingerprint density at radius 2 is 1.85 bits per heavy atom. The summed E-state index contributed by atoms with van der Waals surface area (Å²) in [5.74, 6) is 0.134. The lowest BCUT2D eigenvalue weighted by Crippen LogP contribution is -2.34. The highest BCUT2D eigenvalue weighted by molar-refractivity contribution is 7.99. The normalized spacial score (nSPS) is 12.1. The second-order valence-electron chi connectivity index (χ2n) is 8.30. The molecule has 1 amide bonds. The quantitative estimate of drug-likeness (QED) is 0.277. The van der Waals surface area contributed by atoms with Crippen molar-refractivity contribution in [3.05, 3.63) is 87.0 Å². The molecule has 2 aromatic heterocycles. The first kappa shape index (κ1) is 23.3. The summed E-state index contributed by atoms with van der Waals surface area (Å²) in [6, 6.07) is 18.2. The molecule has 170 valence electrons. The van der Waals surface area contributed by atoms with Gasteiger partial charge in [-0.15, -0.1) is 11.3 Å². The fourth-order valence-corrected chi connectivity index (χ4v) is 5.43. The van der Waals surface area contributed by atoms with Crippen LogP contribution in [-0.4, -0.2) is 27.3 Å². The van der Waals surface area contributed by atoms with Crippen molar-refractivity contribution in [3.8, 4) is 5.69 Å². The number of carbonyl (C=O) groups is 1. The maximum absolute atomic E-state index is 13.3. The fraction of sp³-hybridized carbons (Fsp3) is 0.269. The van der Waals surface area contributed by atoms with Crippen LogP contribution in [0.5, 0.6) is 0 Å². The number of nitrogens with one attached hydrogen (secondary N) is 1. The minimum Gasteiger partial charge on any atom is -0.353 e. The molecule has 1 unspecified atom stereocenters. The molecule has 2 heterocycles. The number of thioether (sulfide) groups is 1. The average Bonchev–Trinajstić information content (AvgIpc) is 3.25. The summed E-state index contributed by atoms with van der Waals surface area (Å²) in [5.41, 5.74) is 4.76. The lowest BCUT2D eigenvalue weighted by atomic mass is 10.1. The van der Waals surface area contributed by atoms with Crippen LogP contribution < -0.4 is 10.9 Å². The van der Waals surface area contributed by atoms with Crippen LogP contribution in [0.1, 0.15) is 30.0 Å². The van der Waals surface area contributed by atoms with E-state index in [1.807, 2.05) is 62.5 Å². The van der Waals surface area contributed by atoms with Gasteiger partial charge in [-0.2, -0.15) is 0 Å². The van der Waals surface area contributed by atoms with Gasteiger partial charge in [-0.3, -0.25) is 14.2 Å². The number of nitrogens with zero attached hydrogens (tertiary/aromatic N) is 2. The van der Waals surface area contributed by atoms with Gasteiger partial charge in [0.25, 0.3) is 5.56 Å². The average molecular weight is 478 g/mol. The van der Waals surface area contributed by atoms with Crippen LogP contribution in [0.2, 0.25) is 0 Å². The molecular weight excluding hydrogens is 450 g/mol. The summed E-state index contributed by atoms with van der Waals surface area (Å²) in [4.78, 5) is 30.7. The SMILES string of the molecule is Cc1cc(C)cc(-n2c(SCC(=O)NC(C)CCc3ccccc3)nc3ccsc3c2=O)c1. The van der Waals surface area contributed by atoms with Crippen LogP contribution in [0.25, 0.3) is 15.9 Å². The standard InChI is InChI=1S/C26H27N3O2S2/c1-17-13-18(2)15-21(14-17)29-25(31)24-22(11-12-32-24)28-26(29)33-16-23(30)27-19(3)9-10-20-7-5-4-6-8-20/h4-8,11-15,19H,9-10,16H2,1-3H3,(H,27,30). The molecule has 1 atom stereocenters. The molecular formula is C26H27N3O2S2. The molecule has 0 saturated heterocycles. The smallest absolute Gasteiger partial charge is 0.276 e. The number of hydrogen-bond acceptors (Lipinski definition) is 5. The number of thiophene rings is 1. The molecule has 4 aromatic rings. The zero-order valence-electron chi connectivity index (χ0n) is 19.0. The molecule has 0 saturated carbocycles. The van der Waals surface area contributed by atoms with Crippen molar-refractivity contribution in [2.75, 3.05) is 5.75 Å². The van der Waals surface area contributed by atoms with Crippen molar-refractivity contribution < 1.29 is 4.79 Å². The first-order valence-corrected chi connectivity index (χ1v) is 12.8. The number of fused-ring (bicyclic) bond motifs is 1. The molecule has 33 heavy (non-hydrogen) atoms. The molecule has 5 nitrogen and oxygen atoms in total. The Balaban J connectivity index is 1.50. The lowest BCUT2D eigenvalue weighted by molar-refractivity contribution is -0.119. The zero-order valence-corrected chi connectivity index (χ0v) is 20.6. The number of amides is 1. The third kappa shape index (κ3) is 5.72. The zero-order chi connectivity index (χ0) is 23.4. The number of carbonyl (C=O) groups excluding carboxylic acids is 1. The first-order chi connectivity index (χ1) is 15.9. The van der Waals surface area contributed by atoms with Crippen LogP contribution in [-0.2, 0) is 11.2 Å². The molecule has 4 rings (SSSR count). The Morgan fingerprint density at radius 1 is 1.12 bits per heavy atom. The van der Waals surface area contributed by atoms with Gasteiger partial charge in [-0.25, -0.2) is 4.98 Å². The van der Waals surface area contributed by atoms with E-state index in [4.69, 9.17) is 4.98 Å². The van der Waals surface area contributed by atoms with Gasteiger partial charge in [0.15, 0.2) is 5.16 Å². The number of benzene rings is 2. The monoisotopic (exact) mass is 477 g/mol. The van der Waals surface area contributed by atoms with Crippen molar-refractivity contribution in [2.45, 2.75) is 44.8 Å². The summed E-state index contributed by atoms with van der Waals surface area (Å²) in [6.45, 7) is 6.04. The molecule has 0 aliphatic carbocycles. The summed E-state index contributed by atoms with van der Waals surface area (Å²) in [6.07, 6.45) is 1.78. The largest absolute Gasteiger partial charge is 0.353 e. The second-order valence-corrected chi connectivity index (χ2v) is 10.2. The number of hydrogen-bond donors (Lipinski definition) is 1. The Labute approximate surface area is 201 Å². The minimum absolute atomic E-state index is 0.0623. The van der Waals surface area contributed by atoms with Crippen LogP contribution in [0.4, 0.5) is 0 Å². The Kier molecular flexibility index (Phi) is 7.30. The van der Waals surface area contributed by atoms with E-state index in [-0.39, 0.29) is 23.3 Å². The predicted molar refractivity (Wildman–Crippen MR) is 138 cm³/mol. The second kappa shape index (κ2) is 10.4. The van der Waals surface area contributed by atoms with E-state index < -0.39 is 0 Å². The molecule has 1 N–H and O–H groups in total. The van der Waals surface area contributed by atoms with E-state index in [9.17, 15) is 9.59 Å². The van der Waals surface area contributed by atoms with Gasteiger partial charge in [0.1, 0.15) is 4.70 Å². The molecule has 7 heteroatoms. The molecule has 0 aliphatic heterocycles. The highest BCUT2D eigenvalue weighted by atomic mass is 32.2. The van der Waals surface area contributed by atoms with E-state index in [1.165, 1.54) is 28.7 Å². The first-order valence-electron chi connectivity index (χ1n) is 11.0. The van der Waals surface area contributed by atoms with Crippen molar-refractivity contribution in [1.82, 2.24) is 14.9 Å². The lowest BCUT2D eigenvalue weighted by Gasteiger charge is -2.15. The molecule has 2 aromatic carbocycles. The summed E-state index contributed by atoms with van der Waals surface area (Å²) in [5, 5.41) is 5.48. The Hall–Kier alpha value is -2.90. The van der Waals surface area contributed by atoms with Crippen LogP contribution >= 0.6 is 23.1 Å². The van der Waals surface area contributed by atoms with E-state index in [0.717, 1.165) is 29.7 Å². The molecule has 0 spiro atoms. The number of rotatable bonds is 8. The molecule has 0 bridgehead atoms. The maximum Gasteiger partial charge on any atom is 0.276 e. The maximum atomic E-state index is 13.3. The van der Waals surface area contributed by atoms with Gasteiger partial charge in [0, 0.05) is 6.04 Å². The van der Waals surface area contributed by atoms with Gasteiger partial charge >= 0.3 is 0 Å². The van der Waals surface area contributed by atoms with Crippen molar-refractivity contribution >= 4 is 39.2 Å². The number of aryl methyl sites for hydroxylation is 3. The Morgan fingerprint density at radius 3 is 2.58 bits per heavy atom. The van der Waals surface area contributed by atoms with Gasteiger partial charge in [0.05, 0.1) is 17.0 Å². The Bertz CT molecular complexity index is 1310. The van der Waals surface area contributed by atoms with E-state index >= 15 is 0 Å². The topological polar surface area (TPSA) is 64.0 Å². The van der Waals surface area contributed by atoms with Crippen LogP contribution in [0.3, 0.4) is 0 Å². The van der Waals surface area contributed by atoms with Crippen molar-refractivity contribution in [3.63, 3.8) is 0 Å². The molecule has 0 radical (unpaired) electrons. The third-order valence-corrected chi connectivity index (χ3v) is 7.19. The third-order valence-electron chi connectivity index (χ3n) is 5.36. The summed E-state index contributed by atoms with van der Waals surface area (Å²) < 4.78 is 2.26. The van der Waals surface area contributed by atoms with Crippen LogP contribution in [0.15, 0.2) is 69.9 Å². The van der Waals surface area contributed by atoms with E-state index in [1.54, 1.807) is 4.57 Å². The van der Waals surface area contributed by atoms with E-state index in [0.29, 0.717) is 15.4 Å². The predicted octanol–water partition coefficient (Wildman–Crippen LogP) is 5.29. The van der Waals surface area contributed by atoms with Gasteiger partial charge in [0.2, 0.25) is 5.91 Å². The van der Waals surface area contributed by atoms with Crippen LogP contribution in [0, 0.1) is 13.8 Å². The van der Waals surface area contributed by atoms with Gasteiger partial charge in [-0.1, -0.05) is 48.2 Å². The molecule has 0 fully saturated rings.